The van der Waals surface area contributed by atoms with Crippen LogP contribution in [0, 0.1) is 5.82 Å². The van der Waals surface area contributed by atoms with E-state index in [4.69, 9.17) is 4.98 Å². The van der Waals surface area contributed by atoms with Crippen molar-refractivity contribution in [3.8, 4) is 11.1 Å². The Labute approximate surface area is 131 Å². The molecule has 0 N–H and O–H groups in total. The van der Waals surface area contributed by atoms with Gasteiger partial charge in [-0.3, -0.25) is 9.78 Å². The van der Waals surface area contributed by atoms with Gasteiger partial charge in [-0.15, -0.1) is 0 Å². The first kappa shape index (κ1) is 16.3. The zero-order chi connectivity index (χ0) is 16.5. The van der Waals surface area contributed by atoms with Crippen LogP contribution in [0.3, 0.4) is 0 Å². The predicted molar refractivity (Wildman–Crippen MR) is 87.8 cm³/mol. The maximum absolute atomic E-state index is 13.2. The average Bonchev–Trinajstić information content (AvgIpc) is 2.45. The molecule has 1 aromatic heterocycles. The van der Waals surface area contributed by atoms with Crippen molar-refractivity contribution < 1.29 is 9.18 Å². The molecule has 0 aliphatic rings. The van der Waals surface area contributed by atoms with E-state index in [1.54, 1.807) is 12.1 Å². The summed E-state index contributed by atoms with van der Waals surface area (Å²) >= 11 is 0. The molecule has 1 aromatic carbocycles. The first-order valence-electron chi connectivity index (χ1n) is 7.50. The first-order chi connectivity index (χ1) is 10.2. The molecule has 2 nitrogen and oxygen atoms in total. The van der Waals surface area contributed by atoms with E-state index in [0.29, 0.717) is 5.56 Å². The molecule has 0 spiro atoms. The van der Waals surface area contributed by atoms with Crippen LogP contribution < -0.4 is 0 Å². The van der Waals surface area contributed by atoms with Crippen LogP contribution in [0.5, 0.6) is 0 Å². The highest BCUT2D eigenvalue weighted by atomic mass is 19.1. The highest BCUT2D eigenvalue weighted by molar-refractivity contribution is 5.89. The SMILES string of the molecule is CC(C)c1nc(C(C)(C)C)cc(-c2ccc(F)cc2)c1C=O. The maximum atomic E-state index is 13.2. The van der Waals surface area contributed by atoms with Gasteiger partial charge in [0.15, 0.2) is 6.29 Å². The number of nitrogens with zero attached hydrogens (tertiary/aromatic N) is 1. The predicted octanol–water partition coefficient (Wildman–Crippen LogP) is 5.12. The maximum Gasteiger partial charge on any atom is 0.152 e. The van der Waals surface area contributed by atoms with E-state index in [0.717, 1.165) is 28.8 Å². The van der Waals surface area contributed by atoms with E-state index < -0.39 is 0 Å². The molecule has 0 unspecified atom stereocenters. The molecule has 2 rings (SSSR count). The molecule has 2 aromatic rings. The first-order valence-corrected chi connectivity index (χ1v) is 7.50. The van der Waals surface area contributed by atoms with Gasteiger partial charge in [-0.1, -0.05) is 46.8 Å². The summed E-state index contributed by atoms with van der Waals surface area (Å²) in [7, 11) is 0. The number of pyridine rings is 1. The lowest BCUT2D eigenvalue weighted by Crippen LogP contribution is -2.17. The zero-order valence-corrected chi connectivity index (χ0v) is 13.8. The van der Waals surface area contributed by atoms with E-state index in [2.05, 4.69) is 20.8 Å². The molecule has 0 saturated heterocycles. The summed E-state index contributed by atoms with van der Waals surface area (Å²) in [5.41, 5.74) is 3.84. The molecule has 3 heteroatoms. The van der Waals surface area contributed by atoms with Crippen molar-refractivity contribution >= 4 is 6.29 Å². The molecule has 22 heavy (non-hydrogen) atoms. The lowest BCUT2D eigenvalue weighted by atomic mass is 9.86. The van der Waals surface area contributed by atoms with Gasteiger partial charge in [0.05, 0.1) is 5.69 Å². The number of carbonyl (C=O) groups is 1. The number of carbonyl (C=O) groups excluding carboxylic acids is 1. The van der Waals surface area contributed by atoms with Gasteiger partial charge in [0.2, 0.25) is 0 Å². The Balaban J connectivity index is 2.77. The minimum absolute atomic E-state index is 0.125. The third-order valence-electron chi connectivity index (χ3n) is 3.68. The van der Waals surface area contributed by atoms with Crippen LogP contribution >= 0.6 is 0 Å². The number of halogens is 1. The van der Waals surface area contributed by atoms with Crippen molar-refractivity contribution in [2.75, 3.05) is 0 Å². The molecule has 0 aliphatic carbocycles. The van der Waals surface area contributed by atoms with Crippen molar-refractivity contribution in [1.29, 1.82) is 0 Å². The van der Waals surface area contributed by atoms with Crippen LogP contribution in [0.2, 0.25) is 0 Å². The zero-order valence-electron chi connectivity index (χ0n) is 13.8. The van der Waals surface area contributed by atoms with Crippen molar-refractivity contribution in [2.24, 2.45) is 0 Å². The average molecular weight is 299 g/mol. The quantitative estimate of drug-likeness (QED) is 0.736. The summed E-state index contributed by atoms with van der Waals surface area (Å²) < 4.78 is 13.2. The van der Waals surface area contributed by atoms with E-state index in [1.807, 2.05) is 19.9 Å². The van der Waals surface area contributed by atoms with Crippen molar-refractivity contribution in [3.63, 3.8) is 0 Å². The summed E-state index contributed by atoms with van der Waals surface area (Å²) in [5, 5.41) is 0. The Morgan fingerprint density at radius 3 is 2.18 bits per heavy atom. The monoisotopic (exact) mass is 299 g/mol. The van der Waals surface area contributed by atoms with Gasteiger partial charge < -0.3 is 0 Å². The standard InChI is InChI=1S/C19H22FNO/c1-12(2)18-16(11-22)15(10-17(21-18)19(3,4)5)13-6-8-14(20)9-7-13/h6-12H,1-5H3. The molecule has 0 radical (unpaired) electrons. The van der Waals surface area contributed by atoms with E-state index in [-0.39, 0.29) is 17.2 Å². The van der Waals surface area contributed by atoms with E-state index in [1.165, 1.54) is 12.1 Å². The minimum Gasteiger partial charge on any atom is -0.298 e. The van der Waals surface area contributed by atoms with Crippen molar-refractivity contribution in [1.82, 2.24) is 4.98 Å². The molecular formula is C19H22FNO. The Hall–Kier alpha value is -2.03. The third kappa shape index (κ3) is 3.24. The summed E-state index contributed by atoms with van der Waals surface area (Å²) in [4.78, 5) is 16.4. The number of rotatable bonds is 3. The normalized spacial score (nSPS) is 11.8. The summed E-state index contributed by atoms with van der Waals surface area (Å²) in [6.07, 6.45) is 0.855. The fourth-order valence-corrected chi connectivity index (χ4v) is 2.39. The number of aromatic nitrogens is 1. The molecule has 0 aliphatic heterocycles. The third-order valence-corrected chi connectivity index (χ3v) is 3.68. The molecule has 0 saturated carbocycles. The second kappa shape index (κ2) is 5.99. The summed E-state index contributed by atoms with van der Waals surface area (Å²) in [6, 6.07) is 8.18. The van der Waals surface area contributed by atoms with Crippen LogP contribution in [0.25, 0.3) is 11.1 Å². The fourth-order valence-electron chi connectivity index (χ4n) is 2.39. The van der Waals surface area contributed by atoms with Crippen LogP contribution in [-0.4, -0.2) is 11.3 Å². The van der Waals surface area contributed by atoms with Crippen molar-refractivity contribution in [3.05, 3.63) is 53.1 Å². The van der Waals surface area contributed by atoms with Gasteiger partial charge in [0, 0.05) is 16.7 Å². The largest absolute Gasteiger partial charge is 0.298 e. The van der Waals surface area contributed by atoms with Gasteiger partial charge in [-0.05, 0) is 35.2 Å². The van der Waals surface area contributed by atoms with Crippen LogP contribution in [-0.2, 0) is 5.41 Å². The highest BCUT2D eigenvalue weighted by Gasteiger charge is 2.22. The van der Waals surface area contributed by atoms with E-state index in [9.17, 15) is 9.18 Å². The van der Waals surface area contributed by atoms with Gasteiger partial charge in [-0.2, -0.15) is 0 Å². The van der Waals surface area contributed by atoms with Gasteiger partial charge in [-0.25, -0.2) is 4.39 Å². The molecular weight excluding hydrogens is 277 g/mol. The number of aldehydes is 1. The topological polar surface area (TPSA) is 30.0 Å². The van der Waals surface area contributed by atoms with Crippen molar-refractivity contribution in [2.45, 2.75) is 46.0 Å². The van der Waals surface area contributed by atoms with Crippen LogP contribution in [0.4, 0.5) is 4.39 Å². The number of benzene rings is 1. The van der Waals surface area contributed by atoms with Crippen LogP contribution in [0.15, 0.2) is 30.3 Å². The van der Waals surface area contributed by atoms with Gasteiger partial charge in [0.25, 0.3) is 0 Å². The number of hydrogen-bond acceptors (Lipinski definition) is 2. The van der Waals surface area contributed by atoms with E-state index >= 15 is 0 Å². The molecule has 0 bridgehead atoms. The van der Waals surface area contributed by atoms with Gasteiger partial charge in [0.1, 0.15) is 5.82 Å². The number of hydrogen-bond donors (Lipinski definition) is 0. The lowest BCUT2D eigenvalue weighted by molar-refractivity contribution is 0.112. The fraction of sp³-hybridized carbons (Fsp3) is 0.368. The minimum atomic E-state index is -0.286. The highest BCUT2D eigenvalue weighted by Crippen LogP contribution is 2.32. The smallest absolute Gasteiger partial charge is 0.152 e. The second-order valence-corrected chi connectivity index (χ2v) is 6.88. The molecule has 0 atom stereocenters. The second-order valence-electron chi connectivity index (χ2n) is 6.88. The van der Waals surface area contributed by atoms with Crippen LogP contribution in [0.1, 0.15) is 62.3 Å². The molecule has 0 fully saturated rings. The molecule has 1 heterocycles. The lowest BCUT2D eigenvalue weighted by Gasteiger charge is -2.22. The Bertz CT molecular complexity index is 682. The Kier molecular flexibility index (Phi) is 4.45. The molecule has 0 amide bonds. The Morgan fingerprint density at radius 1 is 1.14 bits per heavy atom. The Morgan fingerprint density at radius 2 is 1.73 bits per heavy atom. The summed E-state index contributed by atoms with van der Waals surface area (Å²) in [6.45, 7) is 10.3. The molecule has 116 valence electrons. The van der Waals surface area contributed by atoms with Gasteiger partial charge >= 0.3 is 0 Å². The summed E-state index contributed by atoms with van der Waals surface area (Å²) in [5.74, 6) is -0.146.